The van der Waals surface area contributed by atoms with Crippen LogP contribution in [-0.4, -0.2) is 47.0 Å². The number of H-pyrrole nitrogens is 2. The van der Waals surface area contributed by atoms with Crippen LogP contribution in [0.1, 0.15) is 5.56 Å². The number of aromatic amines is 2. The van der Waals surface area contributed by atoms with Crippen LogP contribution in [0.25, 0.3) is 22.1 Å². The van der Waals surface area contributed by atoms with Crippen LogP contribution in [0.5, 0.6) is 11.6 Å². The van der Waals surface area contributed by atoms with Gasteiger partial charge in [0, 0.05) is 12.4 Å². The minimum absolute atomic E-state index is 0.0312. The monoisotopic (exact) mass is 489 g/mol. The average molecular weight is 489 g/mol. The van der Waals surface area contributed by atoms with E-state index in [1.807, 2.05) is 31.2 Å². The van der Waals surface area contributed by atoms with Crippen molar-refractivity contribution in [2.75, 3.05) is 6.61 Å². The third-order valence-electron chi connectivity index (χ3n) is 5.80. The molecule has 0 aliphatic rings. The van der Waals surface area contributed by atoms with Gasteiger partial charge in [-0.15, -0.1) is 10.2 Å². The SMILES string of the molecule is Cc1ccccc1OC[C@@H](O)Cn1c(N=Nc2c(O)[nH]c3ccccc23)nc2c1c(=O)[nH]c(=O)n2C. The summed E-state index contributed by atoms with van der Waals surface area (Å²) >= 11 is 0. The van der Waals surface area contributed by atoms with E-state index >= 15 is 0 Å². The summed E-state index contributed by atoms with van der Waals surface area (Å²) in [4.78, 5) is 34.2. The van der Waals surface area contributed by atoms with E-state index in [1.54, 1.807) is 24.3 Å². The van der Waals surface area contributed by atoms with Crippen molar-refractivity contribution in [1.29, 1.82) is 0 Å². The highest BCUT2D eigenvalue weighted by Crippen LogP contribution is 2.36. The van der Waals surface area contributed by atoms with Gasteiger partial charge in [-0.1, -0.05) is 36.4 Å². The number of azo groups is 1. The van der Waals surface area contributed by atoms with Crippen molar-refractivity contribution >= 4 is 33.7 Å². The van der Waals surface area contributed by atoms with Crippen molar-refractivity contribution < 1.29 is 14.9 Å². The molecule has 0 saturated carbocycles. The highest BCUT2D eigenvalue weighted by atomic mass is 16.5. The molecule has 0 spiro atoms. The average Bonchev–Trinajstić information content (AvgIpc) is 3.37. The summed E-state index contributed by atoms with van der Waals surface area (Å²) < 4.78 is 8.28. The molecule has 2 aromatic carbocycles. The van der Waals surface area contributed by atoms with E-state index in [2.05, 4.69) is 25.2 Å². The van der Waals surface area contributed by atoms with E-state index in [-0.39, 0.29) is 41.8 Å². The fourth-order valence-corrected chi connectivity index (χ4v) is 3.95. The Balaban J connectivity index is 1.53. The standard InChI is InChI=1S/C24H23N7O5/c1-13-7-3-6-10-17(13)36-12-14(32)11-31-19-20(30(2)24(35)27-22(19)34)26-23(31)29-28-18-15-8-4-5-9-16(15)25-21(18)33/h3-10,14,25,32-33H,11-12H2,1-2H3,(H,27,34,35)/t14-/m0/s1. The lowest BCUT2D eigenvalue weighted by molar-refractivity contribution is 0.0934. The smallest absolute Gasteiger partial charge is 0.329 e. The Bertz CT molecular complexity index is 1730. The molecule has 0 aliphatic heterocycles. The predicted molar refractivity (Wildman–Crippen MR) is 132 cm³/mol. The quantitative estimate of drug-likeness (QED) is 0.257. The molecule has 0 amide bonds. The molecule has 5 aromatic rings. The maximum Gasteiger partial charge on any atom is 0.329 e. The largest absolute Gasteiger partial charge is 0.493 e. The number of para-hydroxylation sites is 2. The first-order chi connectivity index (χ1) is 17.3. The second-order valence-corrected chi connectivity index (χ2v) is 8.31. The lowest BCUT2D eigenvalue weighted by Crippen LogP contribution is -2.30. The van der Waals surface area contributed by atoms with Crippen molar-refractivity contribution in [1.82, 2.24) is 24.1 Å². The van der Waals surface area contributed by atoms with E-state index in [1.165, 1.54) is 16.2 Å². The van der Waals surface area contributed by atoms with E-state index in [0.717, 1.165) is 5.56 Å². The van der Waals surface area contributed by atoms with Gasteiger partial charge in [-0.05, 0) is 24.6 Å². The molecule has 0 saturated heterocycles. The molecule has 0 radical (unpaired) electrons. The first-order valence-corrected chi connectivity index (χ1v) is 11.1. The molecule has 12 heteroatoms. The highest BCUT2D eigenvalue weighted by molar-refractivity contribution is 5.94. The Labute approximate surface area is 203 Å². The van der Waals surface area contributed by atoms with Gasteiger partial charge in [0.1, 0.15) is 18.5 Å². The van der Waals surface area contributed by atoms with Crippen molar-refractivity contribution in [3.8, 4) is 11.6 Å². The summed E-state index contributed by atoms with van der Waals surface area (Å²) in [6, 6.07) is 14.6. The summed E-state index contributed by atoms with van der Waals surface area (Å²) in [6.07, 6.45) is -1.05. The number of aliphatic hydroxyl groups is 1. The number of ether oxygens (including phenoxy) is 1. The summed E-state index contributed by atoms with van der Waals surface area (Å²) in [5.41, 5.74) is 0.576. The molecule has 0 aliphatic carbocycles. The molecule has 0 bridgehead atoms. The van der Waals surface area contributed by atoms with Crippen molar-refractivity contribution in [3.63, 3.8) is 0 Å². The van der Waals surface area contributed by atoms with Crippen LogP contribution in [0.15, 0.2) is 68.3 Å². The second kappa shape index (κ2) is 9.15. The molecule has 1 atom stereocenters. The van der Waals surface area contributed by atoms with Crippen LogP contribution in [-0.2, 0) is 13.6 Å². The van der Waals surface area contributed by atoms with Crippen molar-refractivity contribution in [3.05, 3.63) is 74.9 Å². The summed E-state index contributed by atoms with van der Waals surface area (Å²) in [5, 5.41) is 30.0. The Morgan fingerprint density at radius 1 is 1.08 bits per heavy atom. The zero-order chi connectivity index (χ0) is 25.4. The number of hydrogen-bond donors (Lipinski definition) is 4. The molecule has 3 heterocycles. The van der Waals surface area contributed by atoms with Gasteiger partial charge in [-0.25, -0.2) is 4.79 Å². The van der Waals surface area contributed by atoms with Gasteiger partial charge < -0.3 is 19.9 Å². The van der Waals surface area contributed by atoms with Crippen molar-refractivity contribution in [2.24, 2.45) is 17.3 Å². The fourth-order valence-electron chi connectivity index (χ4n) is 3.95. The maximum atomic E-state index is 12.7. The first kappa shape index (κ1) is 23.1. The van der Waals surface area contributed by atoms with Crippen LogP contribution < -0.4 is 16.0 Å². The Morgan fingerprint density at radius 2 is 1.83 bits per heavy atom. The van der Waals surface area contributed by atoms with Crippen LogP contribution >= 0.6 is 0 Å². The number of rotatable bonds is 7. The van der Waals surface area contributed by atoms with E-state index < -0.39 is 17.4 Å². The first-order valence-electron chi connectivity index (χ1n) is 11.1. The lowest BCUT2D eigenvalue weighted by atomic mass is 10.2. The van der Waals surface area contributed by atoms with Gasteiger partial charge in [0.05, 0.1) is 12.1 Å². The Kier molecular flexibility index (Phi) is 5.86. The van der Waals surface area contributed by atoms with Gasteiger partial charge in [0.2, 0.25) is 5.88 Å². The van der Waals surface area contributed by atoms with Gasteiger partial charge in [0.25, 0.3) is 11.5 Å². The number of hydrogen-bond acceptors (Lipinski definition) is 8. The van der Waals surface area contributed by atoms with Gasteiger partial charge in [-0.3, -0.25) is 18.9 Å². The van der Waals surface area contributed by atoms with E-state index in [0.29, 0.717) is 16.7 Å². The van der Waals surface area contributed by atoms with Crippen LogP contribution in [0.4, 0.5) is 11.6 Å². The molecule has 0 fully saturated rings. The third kappa shape index (κ3) is 4.14. The lowest BCUT2D eigenvalue weighted by Gasteiger charge is -2.15. The molecule has 3 aromatic heterocycles. The molecule has 0 unspecified atom stereocenters. The molecular formula is C24H23N7O5. The van der Waals surface area contributed by atoms with Gasteiger partial charge >= 0.3 is 5.69 Å². The number of aromatic nitrogens is 5. The minimum Gasteiger partial charge on any atom is -0.493 e. The second-order valence-electron chi connectivity index (χ2n) is 8.31. The van der Waals surface area contributed by atoms with Gasteiger partial charge in [0.15, 0.2) is 16.9 Å². The molecule has 184 valence electrons. The Hall–Kier alpha value is -4.71. The van der Waals surface area contributed by atoms with Crippen LogP contribution in [0.3, 0.4) is 0 Å². The molecular weight excluding hydrogens is 466 g/mol. The molecule has 5 rings (SSSR count). The number of nitrogens with one attached hydrogen (secondary N) is 2. The van der Waals surface area contributed by atoms with Crippen LogP contribution in [0, 0.1) is 6.92 Å². The molecule has 12 nitrogen and oxygen atoms in total. The third-order valence-corrected chi connectivity index (χ3v) is 5.80. The number of aromatic hydroxyl groups is 1. The zero-order valence-electron chi connectivity index (χ0n) is 19.5. The number of aliphatic hydroxyl groups excluding tert-OH is 1. The molecule has 4 N–H and O–H groups in total. The number of benzene rings is 2. The highest BCUT2D eigenvalue weighted by Gasteiger charge is 2.20. The normalized spacial score (nSPS) is 12.6. The minimum atomic E-state index is -1.05. The topological polar surface area (TPSA) is 163 Å². The molecule has 36 heavy (non-hydrogen) atoms. The van der Waals surface area contributed by atoms with E-state index in [4.69, 9.17) is 4.74 Å². The van der Waals surface area contributed by atoms with E-state index in [9.17, 15) is 19.8 Å². The number of aryl methyl sites for hydroxylation is 2. The number of fused-ring (bicyclic) bond motifs is 2. The predicted octanol–water partition coefficient (Wildman–Crippen LogP) is 2.77. The van der Waals surface area contributed by atoms with Crippen LogP contribution in [0.2, 0.25) is 0 Å². The number of nitrogens with zero attached hydrogens (tertiary/aromatic N) is 5. The summed E-state index contributed by atoms with van der Waals surface area (Å²) in [7, 11) is 1.46. The fraction of sp³-hybridized carbons (Fsp3) is 0.208. The van der Waals surface area contributed by atoms with Gasteiger partial charge in [-0.2, -0.15) is 4.98 Å². The Morgan fingerprint density at radius 3 is 2.64 bits per heavy atom. The summed E-state index contributed by atoms with van der Waals surface area (Å²) in [6.45, 7) is 1.72. The summed E-state index contributed by atoms with van der Waals surface area (Å²) in [5.74, 6) is 0.415. The number of imidazole rings is 1. The maximum absolute atomic E-state index is 12.7. The zero-order valence-corrected chi connectivity index (χ0v) is 19.5. The van der Waals surface area contributed by atoms with Crippen molar-refractivity contribution in [2.45, 2.75) is 19.6 Å².